The first-order valence-corrected chi connectivity index (χ1v) is 7.14. The average Bonchev–Trinajstić information content (AvgIpc) is 2.65. The lowest BCUT2D eigenvalue weighted by Gasteiger charge is -2.38. The third-order valence-corrected chi connectivity index (χ3v) is 4.01. The van der Waals surface area contributed by atoms with Gasteiger partial charge in [-0.25, -0.2) is 0 Å². The standard InChI is InChI=1S/C13H25N3O2/c17-13(18)4-9-15-7-1-3-12(11-15)16-8-2-5-14-6-10-16/h12,14H,1-11H2,(H,17,18). The molecule has 2 aliphatic rings. The monoisotopic (exact) mass is 255 g/mol. The lowest BCUT2D eigenvalue weighted by molar-refractivity contribution is -0.137. The Hall–Kier alpha value is -0.650. The fourth-order valence-electron chi connectivity index (χ4n) is 3.02. The molecule has 5 heteroatoms. The van der Waals surface area contributed by atoms with E-state index in [1.54, 1.807) is 0 Å². The van der Waals surface area contributed by atoms with Crippen molar-refractivity contribution in [3.8, 4) is 0 Å². The highest BCUT2D eigenvalue weighted by molar-refractivity contribution is 5.66. The van der Waals surface area contributed by atoms with Crippen LogP contribution in [0.15, 0.2) is 0 Å². The Bertz CT molecular complexity index is 265. The molecule has 0 saturated carbocycles. The van der Waals surface area contributed by atoms with Crippen LogP contribution in [-0.4, -0.2) is 72.7 Å². The number of hydrogen-bond donors (Lipinski definition) is 2. The highest BCUT2D eigenvalue weighted by atomic mass is 16.4. The molecule has 0 aromatic rings. The molecule has 18 heavy (non-hydrogen) atoms. The minimum atomic E-state index is -0.684. The Morgan fingerprint density at radius 1 is 1.22 bits per heavy atom. The van der Waals surface area contributed by atoms with Gasteiger partial charge in [0.1, 0.15) is 0 Å². The zero-order chi connectivity index (χ0) is 12.8. The van der Waals surface area contributed by atoms with Gasteiger partial charge in [0.15, 0.2) is 0 Å². The van der Waals surface area contributed by atoms with Crippen LogP contribution in [0.4, 0.5) is 0 Å². The molecule has 2 saturated heterocycles. The predicted octanol–water partition coefficient (Wildman–Crippen LogP) is 0.221. The number of nitrogens with one attached hydrogen (secondary N) is 1. The Morgan fingerprint density at radius 3 is 2.94 bits per heavy atom. The van der Waals surface area contributed by atoms with Crippen LogP contribution in [0.3, 0.4) is 0 Å². The van der Waals surface area contributed by atoms with E-state index in [9.17, 15) is 4.79 Å². The molecule has 2 N–H and O–H groups in total. The van der Waals surface area contributed by atoms with Crippen LogP contribution < -0.4 is 5.32 Å². The first-order valence-electron chi connectivity index (χ1n) is 7.14. The van der Waals surface area contributed by atoms with Crippen molar-refractivity contribution >= 4 is 5.97 Å². The summed E-state index contributed by atoms with van der Waals surface area (Å²) in [5.74, 6) is -0.684. The molecule has 0 spiro atoms. The maximum absolute atomic E-state index is 10.6. The lowest BCUT2D eigenvalue weighted by atomic mass is 10.0. The van der Waals surface area contributed by atoms with Gasteiger partial charge >= 0.3 is 5.97 Å². The van der Waals surface area contributed by atoms with Crippen molar-refractivity contribution in [2.75, 3.05) is 45.8 Å². The molecule has 2 fully saturated rings. The first kappa shape index (κ1) is 13.8. The maximum Gasteiger partial charge on any atom is 0.304 e. The summed E-state index contributed by atoms with van der Waals surface area (Å²) in [7, 11) is 0. The lowest BCUT2D eigenvalue weighted by Crippen LogP contribution is -2.49. The third kappa shape index (κ3) is 4.23. The molecule has 2 rings (SSSR count). The van der Waals surface area contributed by atoms with Gasteiger partial charge in [0.2, 0.25) is 0 Å². The van der Waals surface area contributed by atoms with E-state index in [0.717, 1.165) is 32.7 Å². The molecule has 0 aromatic carbocycles. The van der Waals surface area contributed by atoms with Crippen LogP contribution in [-0.2, 0) is 4.79 Å². The first-order chi connectivity index (χ1) is 8.75. The quantitative estimate of drug-likeness (QED) is 0.753. The molecular weight excluding hydrogens is 230 g/mol. The normalized spacial score (nSPS) is 27.9. The fourth-order valence-corrected chi connectivity index (χ4v) is 3.02. The van der Waals surface area contributed by atoms with E-state index in [4.69, 9.17) is 5.11 Å². The summed E-state index contributed by atoms with van der Waals surface area (Å²) in [6.45, 7) is 7.36. The smallest absolute Gasteiger partial charge is 0.304 e. The van der Waals surface area contributed by atoms with Gasteiger partial charge in [0.05, 0.1) is 6.42 Å². The molecule has 0 radical (unpaired) electrons. The van der Waals surface area contributed by atoms with Crippen LogP contribution in [0, 0.1) is 0 Å². The third-order valence-electron chi connectivity index (χ3n) is 4.01. The van der Waals surface area contributed by atoms with Gasteiger partial charge in [-0.05, 0) is 38.9 Å². The van der Waals surface area contributed by atoms with Crippen molar-refractivity contribution in [2.45, 2.75) is 31.7 Å². The van der Waals surface area contributed by atoms with Gasteiger partial charge in [0, 0.05) is 32.2 Å². The summed E-state index contributed by atoms with van der Waals surface area (Å²) < 4.78 is 0. The molecule has 104 valence electrons. The molecule has 0 aliphatic carbocycles. The van der Waals surface area contributed by atoms with Crippen molar-refractivity contribution in [3.05, 3.63) is 0 Å². The minimum Gasteiger partial charge on any atom is -0.481 e. The summed E-state index contributed by atoms with van der Waals surface area (Å²) in [6, 6.07) is 0.632. The van der Waals surface area contributed by atoms with Gasteiger partial charge in [-0.15, -0.1) is 0 Å². The van der Waals surface area contributed by atoms with Crippen LogP contribution in [0.2, 0.25) is 0 Å². The number of likely N-dealkylation sites (tertiary alicyclic amines) is 1. The van der Waals surface area contributed by atoms with E-state index in [0.29, 0.717) is 12.6 Å². The number of carboxylic acids is 1. The van der Waals surface area contributed by atoms with Gasteiger partial charge in [0.25, 0.3) is 0 Å². The largest absolute Gasteiger partial charge is 0.481 e. The van der Waals surface area contributed by atoms with Gasteiger partial charge in [-0.3, -0.25) is 9.69 Å². The van der Waals surface area contributed by atoms with E-state index >= 15 is 0 Å². The molecule has 5 nitrogen and oxygen atoms in total. The fraction of sp³-hybridized carbons (Fsp3) is 0.923. The molecule has 0 amide bonds. The van der Waals surface area contributed by atoms with Crippen molar-refractivity contribution in [1.82, 2.24) is 15.1 Å². The zero-order valence-corrected chi connectivity index (χ0v) is 11.1. The Kier molecular flexibility index (Phi) is 5.41. The highest BCUT2D eigenvalue weighted by Gasteiger charge is 2.25. The van der Waals surface area contributed by atoms with Crippen molar-refractivity contribution < 1.29 is 9.90 Å². The number of rotatable bonds is 4. The molecule has 2 heterocycles. The van der Waals surface area contributed by atoms with Crippen LogP contribution >= 0.6 is 0 Å². The van der Waals surface area contributed by atoms with E-state index in [1.807, 2.05) is 0 Å². The average molecular weight is 255 g/mol. The van der Waals surface area contributed by atoms with E-state index < -0.39 is 5.97 Å². The molecular formula is C13H25N3O2. The topological polar surface area (TPSA) is 55.8 Å². The molecule has 1 atom stereocenters. The summed E-state index contributed by atoms with van der Waals surface area (Å²) in [5.41, 5.74) is 0. The summed E-state index contributed by atoms with van der Waals surface area (Å²) in [5, 5.41) is 12.2. The second-order valence-corrected chi connectivity index (χ2v) is 5.38. The Morgan fingerprint density at radius 2 is 2.11 bits per heavy atom. The van der Waals surface area contributed by atoms with Crippen LogP contribution in [0.5, 0.6) is 0 Å². The number of carboxylic acid groups (broad SMARTS) is 1. The van der Waals surface area contributed by atoms with Crippen molar-refractivity contribution in [2.24, 2.45) is 0 Å². The number of piperidine rings is 1. The zero-order valence-electron chi connectivity index (χ0n) is 11.1. The SMILES string of the molecule is O=C(O)CCN1CCCC(N2CCCNCC2)C1. The van der Waals surface area contributed by atoms with Gasteiger partial charge in [-0.1, -0.05) is 0 Å². The van der Waals surface area contributed by atoms with Crippen LogP contribution in [0.25, 0.3) is 0 Å². The van der Waals surface area contributed by atoms with E-state index in [-0.39, 0.29) is 6.42 Å². The number of hydrogen-bond acceptors (Lipinski definition) is 4. The van der Waals surface area contributed by atoms with Crippen LogP contribution in [0.1, 0.15) is 25.7 Å². The minimum absolute atomic E-state index is 0.272. The van der Waals surface area contributed by atoms with E-state index in [1.165, 1.54) is 25.8 Å². The summed E-state index contributed by atoms with van der Waals surface area (Å²) >= 11 is 0. The summed E-state index contributed by atoms with van der Waals surface area (Å²) in [6.07, 6.45) is 3.97. The predicted molar refractivity (Wildman–Crippen MR) is 70.8 cm³/mol. The second kappa shape index (κ2) is 7.07. The Balaban J connectivity index is 1.79. The number of carbonyl (C=O) groups is 1. The highest BCUT2D eigenvalue weighted by Crippen LogP contribution is 2.16. The van der Waals surface area contributed by atoms with Gasteiger partial charge in [-0.2, -0.15) is 0 Å². The van der Waals surface area contributed by atoms with Crippen molar-refractivity contribution in [1.29, 1.82) is 0 Å². The molecule has 2 aliphatic heterocycles. The Labute approximate surface area is 109 Å². The van der Waals surface area contributed by atoms with E-state index in [2.05, 4.69) is 15.1 Å². The maximum atomic E-state index is 10.6. The summed E-state index contributed by atoms with van der Waals surface area (Å²) in [4.78, 5) is 15.5. The van der Waals surface area contributed by atoms with Gasteiger partial charge < -0.3 is 15.3 Å². The van der Waals surface area contributed by atoms with Crippen molar-refractivity contribution in [3.63, 3.8) is 0 Å². The molecule has 1 unspecified atom stereocenters. The second-order valence-electron chi connectivity index (χ2n) is 5.38. The molecule has 0 aromatic heterocycles. The number of aliphatic carboxylic acids is 1. The molecule has 0 bridgehead atoms. The number of nitrogens with zero attached hydrogens (tertiary/aromatic N) is 2.